The summed E-state index contributed by atoms with van der Waals surface area (Å²) in [6.45, 7) is 3.39. The molecule has 0 unspecified atom stereocenters. The van der Waals surface area contributed by atoms with Gasteiger partial charge < -0.3 is 4.48 Å². The summed E-state index contributed by atoms with van der Waals surface area (Å²) < 4.78 is 1.07. The molecule has 0 aliphatic heterocycles. The molecule has 0 radical (unpaired) electrons. The van der Waals surface area contributed by atoms with Crippen LogP contribution in [0, 0.1) is 0 Å². The first kappa shape index (κ1) is 22.6. The number of rotatable bonds is 5. The average molecular weight is 407 g/mol. The first-order valence-electron chi connectivity index (χ1n) is 11.2. The Morgan fingerprint density at radius 1 is 0.452 bits per heavy atom. The fourth-order valence-electron chi connectivity index (χ4n) is 4.12. The highest BCUT2D eigenvalue weighted by atomic mass is 15.3. The van der Waals surface area contributed by atoms with Crippen molar-refractivity contribution in [3.8, 4) is 0 Å². The smallest absolute Gasteiger partial charge is 0.108 e. The maximum absolute atomic E-state index is 2.26. The van der Waals surface area contributed by atoms with E-state index in [-0.39, 0.29) is 0 Å². The number of hydrogen-bond donors (Lipinski definition) is 0. The van der Waals surface area contributed by atoms with E-state index in [1.807, 2.05) is 0 Å². The lowest BCUT2D eigenvalue weighted by atomic mass is 9.13. The van der Waals surface area contributed by atoms with Crippen molar-refractivity contribution in [1.82, 2.24) is 0 Å². The van der Waals surface area contributed by atoms with E-state index < -0.39 is 6.15 Å². The van der Waals surface area contributed by atoms with Gasteiger partial charge in [0.15, 0.2) is 0 Å². The summed E-state index contributed by atoms with van der Waals surface area (Å²) in [6.07, 6.45) is -1.22. The minimum atomic E-state index is -1.22. The highest BCUT2D eigenvalue weighted by Gasteiger charge is 2.30. The molecule has 0 aliphatic carbocycles. The summed E-state index contributed by atoms with van der Waals surface area (Å²) in [4.78, 5) is 0. The predicted octanol–water partition coefficient (Wildman–Crippen LogP) is 3.78. The van der Waals surface area contributed by atoms with Crippen LogP contribution in [0.3, 0.4) is 0 Å². The van der Waals surface area contributed by atoms with Crippen molar-refractivity contribution >= 4 is 28.0 Å². The van der Waals surface area contributed by atoms with E-state index in [2.05, 4.69) is 149 Å². The van der Waals surface area contributed by atoms with Crippen LogP contribution >= 0.6 is 0 Å². The van der Waals surface area contributed by atoms with Crippen LogP contribution in [0.2, 0.25) is 0 Å². The van der Waals surface area contributed by atoms with Gasteiger partial charge >= 0.3 is 0 Å². The van der Waals surface area contributed by atoms with E-state index in [9.17, 15) is 0 Å². The minimum absolute atomic E-state index is 1.07. The SMILES string of the molecule is CC[N+](C)(C)C.c1ccc([B-](c2ccccc2)(c2ccccc2)c2ccccc2)cc1. The molecule has 1 nitrogen and oxygen atoms in total. The van der Waals surface area contributed by atoms with Crippen molar-refractivity contribution in [2.75, 3.05) is 27.7 Å². The van der Waals surface area contributed by atoms with Gasteiger partial charge in [-0.3, -0.25) is 0 Å². The number of nitrogens with zero attached hydrogens (tertiary/aromatic N) is 1. The number of benzene rings is 4. The zero-order chi connectivity index (χ0) is 22.2. The van der Waals surface area contributed by atoms with E-state index in [1.54, 1.807) is 0 Å². The van der Waals surface area contributed by atoms with Gasteiger partial charge in [-0.25, -0.2) is 0 Å². The second-order valence-electron chi connectivity index (χ2n) is 9.12. The molecule has 0 saturated carbocycles. The summed E-state index contributed by atoms with van der Waals surface area (Å²) in [5, 5.41) is 0. The van der Waals surface area contributed by atoms with Crippen LogP contribution in [-0.4, -0.2) is 38.3 Å². The van der Waals surface area contributed by atoms with Crippen LogP contribution in [0.5, 0.6) is 0 Å². The molecule has 4 aromatic carbocycles. The normalized spacial score (nSPS) is 11.4. The Morgan fingerprint density at radius 3 is 0.806 bits per heavy atom. The van der Waals surface area contributed by atoms with Crippen molar-refractivity contribution in [2.45, 2.75) is 6.92 Å². The lowest BCUT2D eigenvalue weighted by Gasteiger charge is -2.44. The van der Waals surface area contributed by atoms with Gasteiger partial charge in [0.05, 0.1) is 27.7 Å². The first-order valence-corrected chi connectivity index (χ1v) is 11.2. The molecule has 0 aromatic heterocycles. The molecule has 0 amide bonds. The topological polar surface area (TPSA) is 0 Å². The molecule has 0 bridgehead atoms. The quantitative estimate of drug-likeness (QED) is 0.349. The van der Waals surface area contributed by atoms with Crippen LogP contribution in [-0.2, 0) is 0 Å². The van der Waals surface area contributed by atoms with Crippen LogP contribution in [0.1, 0.15) is 6.92 Å². The number of quaternary nitrogens is 1. The maximum atomic E-state index is 2.26. The standard InChI is InChI=1S/C24H20B.C5H14N/c1-5-13-21(14-6-1)25(22-15-7-2-8-16-22,23-17-9-3-10-18-23)24-19-11-4-12-20-24;1-5-6(2,3)4/h1-20H;5H2,1-4H3/q-1;+1. The molecular formula is C29H34BN. The highest BCUT2D eigenvalue weighted by Crippen LogP contribution is 2.09. The Kier molecular flexibility index (Phi) is 7.49. The van der Waals surface area contributed by atoms with Gasteiger partial charge in [0.2, 0.25) is 0 Å². The van der Waals surface area contributed by atoms with E-state index in [1.165, 1.54) is 28.4 Å². The van der Waals surface area contributed by atoms with Crippen LogP contribution in [0.15, 0.2) is 121 Å². The molecule has 0 N–H and O–H groups in total. The zero-order valence-electron chi connectivity index (χ0n) is 19.3. The van der Waals surface area contributed by atoms with Crippen LogP contribution in [0.25, 0.3) is 0 Å². The molecule has 0 aliphatic rings. The molecule has 0 spiro atoms. The predicted molar refractivity (Wildman–Crippen MR) is 139 cm³/mol. The fourth-order valence-corrected chi connectivity index (χ4v) is 4.12. The van der Waals surface area contributed by atoms with Gasteiger partial charge in [-0.15, -0.1) is 0 Å². The van der Waals surface area contributed by atoms with Crippen molar-refractivity contribution in [1.29, 1.82) is 0 Å². The largest absolute Gasteiger partial charge is 0.331 e. The summed E-state index contributed by atoms with van der Waals surface area (Å²) in [5.41, 5.74) is 5.36. The molecule has 4 aromatic rings. The Bertz CT molecular complexity index is 860. The Morgan fingerprint density at radius 2 is 0.645 bits per heavy atom. The molecule has 0 saturated heterocycles. The van der Waals surface area contributed by atoms with Crippen molar-refractivity contribution in [2.24, 2.45) is 0 Å². The first-order chi connectivity index (χ1) is 15.0. The molecule has 2 heteroatoms. The number of hydrogen-bond acceptors (Lipinski definition) is 0. The fraction of sp³-hybridized carbons (Fsp3) is 0.172. The van der Waals surface area contributed by atoms with Crippen molar-refractivity contribution in [3.63, 3.8) is 0 Å². The van der Waals surface area contributed by atoms with Gasteiger partial charge in [0.1, 0.15) is 6.15 Å². The summed E-state index contributed by atoms with van der Waals surface area (Å²) in [6, 6.07) is 43.5. The molecule has 0 fully saturated rings. The Hall–Kier alpha value is -3.10. The average Bonchev–Trinajstić information content (AvgIpc) is 2.82. The lowest BCUT2D eigenvalue weighted by Crippen LogP contribution is -2.74. The molecule has 0 atom stereocenters. The van der Waals surface area contributed by atoms with Gasteiger partial charge in [-0.1, -0.05) is 121 Å². The van der Waals surface area contributed by atoms with Crippen molar-refractivity contribution < 1.29 is 4.48 Å². The van der Waals surface area contributed by atoms with E-state index in [0.29, 0.717) is 0 Å². The third-order valence-corrected chi connectivity index (χ3v) is 6.15. The van der Waals surface area contributed by atoms with Gasteiger partial charge in [-0.05, 0) is 6.92 Å². The zero-order valence-corrected chi connectivity index (χ0v) is 19.3. The third-order valence-electron chi connectivity index (χ3n) is 6.15. The summed E-state index contributed by atoms with van der Waals surface area (Å²) >= 11 is 0. The van der Waals surface area contributed by atoms with Gasteiger partial charge in [0, 0.05) is 0 Å². The second kappa shape index (κ2) is 10.3. The lowest BCUT2D eigenvalue weighted by molar-refractivity contribution is -0.868. The third kappa shape index (κ3) is 5.34. The highest BCUT2D eigenvalue weighted by molar-refractivity contribution is 7.19. The summed E-state index contributed by atoms with van der Waals surface area (Å²) in [7, 11) is 6.54. The van der Waals surface area contributed by atoms with E-state index in [0.717, 1.165) is 4.48 Å². The van der Waals surface area contributed by atoms with Crippen LogP contribution in [0.4, 0.5) is 0 Å². The molecular weight excluding hydrogens is 373 g/mol. The Labute approximate surface area is 188 Å². The van der Waals surface area contributed by atoms with E-state index in [4.69, 9.17) is 0 Å². The monoisotopic (exact) mass is 407 g/mol. The molecule has 0 heterocycles. The van der Waals surface area contributed by atoms with E-state index >= 15 is 0 Å². The molecule has 31 heavy (non-hydrogen) atoms. The van der Waals surface area contributed by atoms with Crippen molar-refractivity contribution in [3.05, 3.63) is 121 Å². The van der Waals surface area contributed by atoms with Crippen LogP contribution < -0.4 is 21.9 Å². The maximum Gasteiger partial charge on any atom is 0.108 e. The minimum Gasteiger partial charge on any atom is -0.331 e. The van der Waals surface area contributed by atoms with Gasteiger partial charge in [-0.2, -0.15) is 21.9 Å². The van der Waals surface area contributed by atoms with Gasteiger partial charge in [0.25, 0.3) is 0 Å². The summed E-state index contributed by atoms with van der Waals surface area (Å²) in [5.74, 6) is 0. The molecule has 4 rings (SSSR count). The second-order valence-corrected chi connectivity index (χ2v) is 9.12. The molecule has 158 valence electrons. The Balaban J connectivity index is 0.000000401.